The summed E-state index contributed by atoms with van der Waals surface area (Å²) in [5, 5.41) is 23.4. The largest absolute Gasteiger partial charge is 0.391 e. The van der Waals surface area contributed by atoms with E-state index in [-0.39, 0.29) is 23.7 Å². The van der Waals surface area contributed by atoms with Crippen LogP contribution in [0.2, 0.25) is 0 Å². The molecule has 1 aromatic rings. The molecule has 20 heavy (non-hydrogen) atoms. The first-order valence-electron chi connectivity index (χ1n) is 6.58. The maximum Gasteiger partial charge on any atom is 0.285 e. The molecule has 0 radical (unpaired) electrons. The molecule has 1 amide bonds. The Labute approximate surface area is 118 Å². The van der Waals surface area contributed by atoms with Crippen molar-refractivity contribution >= 4 is 11.6 Å². The number of nitro benzene ring substituents is 1. The lowest BCUT2D eigenvalue weighted by atomic mass is 10.0. The molecule has 0 fully saturated rings. The summed E-state index contributed by atoms with van der Waals surface area (Å²) in [5.74, 6) is -0.481. The van der Waals surface area contributed by atoms with Crippen LogP contribution in [0.3, 0.4) is 0 Å². The van der Waals surface area contributed by atoms with Crippen molar-refractivity contribution in [2.75, 3.05) is 6.54 Å². The molecule has 0 saturated carbocycles. The van der Waals surface area contributed by atoms with Crippen LogP contribution in [0.25, 0.3) is 0 Å². The van der Waals surface area contributed by atoms with Crippen molar-refractivity contribution in [1.82, 2.24) is 5.32 Å². The average molecular weight is 280 g/mol. The molecule has 2 unspecified atom stereocenters. The summed E-state index contributed by atoms with van der Waals surface area (Å²) < 4.78 is 0. The van der Waals surface area contributed by atoms with Crippen molar-refractivity contribution in [2.45, 2.75) is 33.3 Å². The van der Waals surface area contributed by atoms with Gasteiger partial charge in [-0.15, -0.1) is 0 Å². The monoisotopic (exact) mass is 280 g/mol. The Morgan fingerprint density at radius 2 is 2.15 bits per heavy atom. The molecule has 0 aliphatic heterocycles. The lowest BCUT2D eigenvalue weighted by Crippen LogP contribution is -2.35. The van der Waals surface area contributed by atoms with Crippen LogP contribution in [-0.4, -0.2) is 28.6 Å². The molecule has 2 N–H and O–H groups in total. The van der Waals surface area contributed by atoms with E-state index < -0.39 is 16.9 Å². The first-order valence-corrected chi connectivity index (χ1v) is 6.58. The van der Waals surface area contributed by atoms with E-state index in [2.05, 4.69) is 5.32 Å². The molecule has 1 rings (SSSR count). The Morgan fingerprint density at radius 3 is 2.70 bits per heavy atom. The van der Waals surface area contributed by atoms with Gasteiger partial charge in [-0.1, -0.05) is 32.4 Å². The Hall–Kier alpha value is -1.95. The number of hydrogen-bond donors (Lipinski definition) is 2. The van der Waals surface area contributed by atoms with Gasteiger partial charge in [-0.25, -0.2) is 0 Å². The van der Waals surface area contributed by atoms with E-state index in [9.17, 15) is 20.0 Å². The Balaban J connectivity index is 2.83. The molecule has 0 bridgehead atoms. The van der Waals surface area contributed by atoms with E-state index in [4.69, 9.17) is 0 Å². The van der Waals surface area contributed by atoms with E-state index in [1.165, 1.54) is 6.07 Å². The number of benzene rings is 1. The van der Waals surface area contributed by atoms with Crippen molar-refractivity contribution in [3.05, 3.63) is 39.4 Å². The maximum atomic E-state index is 12.0. The standard InChI is InChI=1S/C14H20N2O4/c1-4-9(2)12(17)8-15-14(18)11-7-5-6-10(3)13(11)16(19)20/h5-7,9,12,17H,4,8H2,1-3H3,(H,15,18). The minimum atomic E-state index is -0.659. The number of aliphatic hydroxyl groups excluding tert-OH is 1. The molecular weight excluding hydrogens is 260 g/mol. The van der Waals surface area contributed by atoms with Crippen LogP contribution < -0.4 is 5.32 Å². The highest BCUT2D eigenvalue weighted by atomic mass is 16.6. The second-order valence-corrected chi connectivity index (χ2v) is 4.89. The second-order valence-electron chi connectivity index (χ2n) is 4.89. The highest BCUT2D eigenvalue weighted by Gasteiger charge is 2.23. The number of carbonyl (C=O) groups excluding carboxylic acids is 1. The zero-order chi connectivity index (χ0) is 15.3. The summed E-state index contributed by atoms with van der Waals surface area (Å²) in [5.41, 5.74) is 0.263. The molecule has 0 aromatic heterocycles. The summed E-state index contributed by atoms with van der Waals surface area (Å²) in [4.78, 5) is 22.5. The van der Waals surface area contributed by atoms with Gasteiger partial charge in [0.25, 0.3) is 11.6 Å². The fourth-order valence-electron chi connectivity index (χ4n) is 1.85. The zero-order valence-electron chi connectivity index (χ0n) is 11.9. The van der Waals surface area contributed by atoms with Gasteiger partial charge in [-0.3, -0.25) is 14.9 Å². The smallest absolute Gasteiger partial charge is 0.285 e. The zero-order valence-corrected chi connectivity index (χ0v) is 11.9. The molecule has 0 aliphatic rings. The van der Waals surface area contributed by atoms with Crippen LogP contribution in [0.4, 0.5) is 5.69 Å². The molecule has 0 aliphatic carbocycles. The molecule has 0 spiro atoms. The van der Waals surface area contributed by atoms with Crippen LogP contribution in [0.15, 0.2) is 18.2 Å². The van der Waals surface area contributed by atoms with E-state index in [1.54, 1.807) is 19.1 Å². The number of aliphatic hydroxyl groups is 1. The summed E-state index contributed by atoms with van der Waals surface area (Å²) in [6.07, 6.45) is 0.134. The summed E-state index contributed by atoms with van der Waals surface area (Å²) in [6.45, 7) is 5.49. The van der Waals surface area contributed by atoms with Crippen LogP contribution in [-0.2, 0) is 0 Å². The van der Waals surface area contributed by atoms with E-state index in [0.29, 0.717) is 5.56 Å². The van der Waals surface area contributed by atoms with Gasteiger partial charge in [0.15, 0.2) is 0 Å². The Kier molecular flexibility index (Phi) is 5.64. The molecule has 6 heteroatoms. The number of aryl methyl sites for hydroxylation is 1. The maximum absolute atomic E-state index is 12.0. The second kappa shape index (κ2) is 7.00. The minimum absolute atomic E-state index is 0.0198. The Bertz CT molecular complexity index is 502. The van der Waals surface area contributed by atoms with E-state index in [0.717, 1.165) is 6.42 Å². The lowest BCUT2D eigenvalue weighted by molar-refractivity contribution is -0.385. The van der Waals surface area contributed by atoms with Gasteiger partial charge in [-0.2, -0.15) is 0 Å². The third kappa shape index (κ3) is 3.77. The van der Waals surface area contributed by atoms with Crippen LogP contribution >= 0.6 is 0 Å². The molecule has 6 nitrogen and oxygen atoms in total. The average Bonchev–Trinajstić information content (AvgIpc) is 2.42. The predicted octanol–water partition coefficient (Wildman–Crippen LogP) is 2.04. The van der Waals surface area contributed by atoms with Crippen molar-refractivity contribution in [3.8, 4) is 0 Å². The number of nitrogens with one attached hydrogen (secondary N) is 1. The van der Waals surface area contributed by atoms with Crippen LogP contribution in [0.5, 0.6) is 0 Å². The summed E-state index contributed by atoms with van der Waals surface area (Å²) >= 11 is 0. The topological polar surface area (TPSA) is 92.5 Å². The third-order valence-corrected chi connectivity index (χ3v) is 3.44. The van der Waals surface area contributed by atoms with Crippen molar-refractivity contribution < 1.29 is 14.8 Å². The number of nitrogens with zero attached hydrogens (tertiary/aromatic N) is 1. The molecule has 1 aromatic carbocycles. The number of rotatable bonds is 6. The molecule has 0 heterocycles. The van der Waals surface area contributed by atoms with Crippen molar-refractivity contribution in [1.29, 1.82) is 0 Å². The van der Waals surface area contributed by atoms with Gasteiger partial charge < -0.3 is 10.4 Å². The number of hydrogen-bond acceptors (Lipinski definition) is 4. The van der Waals surface area contributed by atoms with Gasteiger partial charge in [0, 0.05) is 12.1 Å². The fraction of sp³-hybridized carbons (Fsp3) is 0.500. The quantitative estimate of drug-likeness (QED) is 0.616. The van der Waals surface area contributed by atoms with Gasteiger partial charge in [0.1, 0.15) is 5.56 Å². The number of amides is 1. The fourth-order valence-corrected chi connectivity index (χ4v) is 1.85. The minimum Gasteiger partial charge on any atom is -0.391 e. The first kappa shape index (κ1) is 16.1. The van der Waals surface area contributed by atoms with E-state index >= 15 is 0 Å². The number of carbonyl (C=O) groups is 1. The molecule has 2 atom stereocenters. The lowest BCUT2D eigenvalue weighted by Gasteiger charge is -2.17. The van der Waals surface area contributed by atoms with Gasteiger partial charge in [0.2, 0.25) is 0 Å². The Morgan fingerprint density at radius 1 is 1.50 bits per heavy atom. The number of nitro groups is 1. The van der Waals surface area contributed by atoms with Gasteiger partial charge in [-0.05, 0) is 18.9 Å². The summed E-state index contributed by atoms with van der Waals surface area (Å²) in [6, 6.07) is 4.60. The van der Waals surface area contributed by atoms with Crippen molar-refractivity contribution in [2.24, 2.45) is 5.92 Å². The molecule has 0 saturated heterocycles. The third-order valence-electron chi connectivity index (χ3n) is 3.44. The molecular formula is C14H20N2O4. The van der Waals surface area contributed by atoms with Gasteiger partial charge in [0.05, 0.1) is 11.0 Å². The van der Waals surface area contributed by atoms with E-state index in [1.807, 2.05) is 13.8 Å². The molecule has 110 valence electrons. The van der Waals surface area contributed by atoms with Gasteiger partial charge >= 0.3 is 0 Å². The van der Waals surface area contributed by atoms with Crippen LogP contribution in [0.1, 0.15) is 36.2 Å². The first-order chi connectivity index (χ1) is 9.38. The van der Waals surface area contributed by atoms with Crippen molar-refractivity contribution in [3.63, 3.8) is 0 Å². The number of para-hydroxylation sites is 1. The van der Waals surface area contributed by atoms with Crippen LogP contribution in [0, 0.1) is 23.0 Å². The SMILES string of the molecule is CCC(C)C(O)CNC(=O)c1cccc(C)c1[N+](=O)[O-]. The normalized spacial score (nSPS) is 13.6. The predicted molar refractivity (Wildman–Crippen MR) is 75.6 cm³/mol. The highest BCUT2D eigenvalue weighted by molar-refractivity contribution is 5.98. The highest BCUT2D eigenvalue weighted by Crippen LogP contribution is 2.22. The summed E-state index contributed by atoms with van der Waals surface area (Å²) in [7, 11) is 0.